The van der Waals surface area contributed by atoms with Gasteiger partial charge >= 0.3 is 0 Å². The summed E-state index contributed by atoms with van der Waals surface area (Å²) in [6.07, 6.45) is 1.92. The van der Waals surface area contributed by atoms with Crippen molar-refractivity contribution in [1.82, 2.24) is 20.2 Å². The summed E-state index contributed by atoms with van der Waals surface area (Å²) in [6.45, 7) is 3.95. The molecule has 78 valence electrons. The van der Waals surface area contributed by atoms with Crippen LogP contribution in [0.25, 0.3) is 0 Å². The van der Waals surface area contributed by atoms with Crippen LogP contribution >= 0.6 is 0 Å². The highest BCUT2D eigenvalue weighted by atomic mass is 16.5. The van der Waals surface area contributed by atoms with Crippen LogP contribution in [-0.4, -0.2) is 33.4 Å². The summed E-state index contributed by atoms with van der Waals surface area (Å²) < 4.78 is 7.25. The number of ether oxygens (including phenoxy) is 1. The van der Waals surface area contributed by atoms with Gasteiger partial charge < -0.3 is 10.5 Å². The van der Waals surface area contributed by atoms with E-state index in [0.29, 0.717) is 13.2 Å². The Morgan fingerprint density at radius 2 is 2.50 bits per heavy atom. The van der Waals surface area contributed by atoms with Gasteiger partial charge in [-0.25, -0.2) is 4.68 Å². The smallest absolute Gasteiger partial charge is 0.165 e. The van der Waals surface area contributed by atoms with E-state index >= 15 is 0 Å². The second-order valence-electron chi connectivity index (χ2n) is 3.59. The second-order valence-corrected chi connectivity index (χ2v) is 3.59. The zero-order valence-corrected chi connectivity index (χ0v) is 8.31. The van der Waals surface area contributed by atoms with Crippen molar-refractivity contribution in [3.05, 3.63) is 5.82 Å². The minimum Gasteiger partial charge on any atom is -0.379 e. The fourth-order valence-corrected chi connectivity index (χ4v) is 1.89. The van der Waals surface area contributed by atoms with Gasteiger partial charge in [-0.15, -0.1) is 5.10 Å². The van der Waals surface area contributed by atoms with Gasteiger partial charge in [0.05, 0.1) is 18.7 Å². The molecule has 1 unspecified atom stereocenters. The molecule has 6 nitrogen and oxygen atoms in total. The van der Waals surface area contributed by atoms with Gasteiger partial charge in [-0.2, -0.15) is 0 Å². The van der Waals surface area contributed by atoms with Crippen molar-refractivity contribution in [2.45, 2.75) is 31.8 Å². The Balaban J connectivity index is 2.35. The molecule has 1 atom stereocenters. The summed E-state index contributed by atoms with van der Waals surface area (Å²) >= 11 is 0. The number of hydrogen-bond donors (Lipinski definition) is 1. The van der Waals surface area contributed by atoms with E-state index in [9.17, 15) is 0 Å². The molecule has 0 aliphatic carbocycles. The lowest BCUT2D eigenvalue weighted by Crippen LogP contribution is -2.36. The average Bonchev–Trinajstić information content (AvgIpc) is 2.86. The molecule has 0 saturated carbocycles. The zero-order chi connectivity index (χ0) is 10.0. The summed E-state index contributed by atoms with van der Waals surface area (Å²) in [7, 11) is 0. The van der Waals surface area contributed by atoms with Gasteiger partial charge in [-0.1, -0.05) is 6.92 Å². The van der Waals surface area contributed by atoms with Gasteiger partial charge in [0.1, 0.15) is 0 Å². The Labute approximate surface area is 82.4 Å². The molecule has 2 heterocycles. The summed E-state index contributed by atoms with van der Waals surface area (Å²) in [4.78, 5) is 0. The fraction of sp³-hybridized carbons (Fsp3) is 0.875. The lowest BCUT2D eigenvalue weighted by Gasteiger charge is -2.26. The molecule has 0 bridgehead atoms. The van der Waals surface area contributed by atoms with Gasteiger partial charge in [0.2, 0.25) is 0 Å². The maximum Gasteiger partial charge on any atom is 0.165 e. The minimum absolute atomic E-state index is 0.0712. The van der Waals surface area contributed by atoms with Crippen molar-refractivity contribution in [2.75, 3.05) is 13.2 Å². The van der Waals surface area contributed by atoms with Crippen LogP contribution in [0.1, 0.15) is 25.6 Å². The first-order valence-electron chi connectivity index (χ1n) is 4.88. The molecular weight excluding hydrogens is 182 g/mol. The van der Waals surface area contributed by atoms with Crippen molar-refractivity contribution in [3.8, 4) is 0 Å². The molecule has 1 aromatic heterocycles. The molecule has 1 aliphatic heterocycles. The molecule has 1 aromatic rings. The van der Waals surface area contributed by atoms with E-state index in [1.807, 2.05) is 4.68 Å². The van der Waals surface area contributed by atoms with Gasteiger partial charge in [-0.05, 0) is 23.3 Å². The van der Waals surface area contributed by atoms with Crippen LogP contribution in [-0.2, 0) is 16.8 Å². The van der Waals surface area contributed by atoms with Crippen molar-refractivity contribution in [1.29, 1.82) is 0 Å². The van der Waals surface area contributed by atoms with Gasteiger partial charge in [-0.3, -0.25) is 0 Å². The van der Waals surface area contributed by atoms with Crippen LogP contribution in [0.3, 0.4) is 0 Å². The third-order valence-electron chi connectivity index (χ3n) is 2.91. The van der Waals surface area contributed by atoms with E-state index in [0.717, 1.165) is 25.3 Å². The molecule has 0 aromatic carbocycles. The normalized spacial score (nSPS) is 27.0. The van der Waals surface area contributed by atoms with Crippen molar-refractivity contribution < 1.29 is 4.74 Å². The molecule has 2 rings (SSSR count). The molecule has 1 saturated heterocycles. The predicted octanol–water partition coefficient (Wildman–Crippen LogP) is -0.343. The zero-order valence-electron chi connectivity index (χ0n) is 8.31. The molecule has 14 heavy (non-hydrogen) atoms. The van der Waals surface area contributed by atoms with Crippen LogP contribution < -0.4 is 5.73 Å². The van der Waals surface area contributed by atoms with E-state index in [1.54, 1.807) is 0 Å². The molecular formula is C8H15N5O. The van der Waals surface area contributed by atoms with E-state index in [2.05, 4.69) is 22.4 Å². The summed E-state index contributed by atoms with van der Waals surface area (Å²) in [5.41, 5.74) is 5.50. The summed E-state index contributed by atoms with van der Waals surface area (Å²) in [6, 6.07) is 0. The van der Waals surface area contributed by atoms with Gasteiger partial charge in [0.15, 0.2) is 5.82 Å². The van der Waals surface area contributed by atoms with Crippen molar-refractivity contribution in [2.24, 2.45) is 5.73 Å². The number of hydrogen-bond acceptors (Lipinski definition) is 5. The lowest BCUT2D eigenvalue weighted by atomic mass is 9.95. The standard InChI is InChI=1S/C8H15N5O/c1-2-8(3-4-14-6-8)13-7(5-9)10-11-12-13/h2-6,9H2,1H3. The largest absolute Gasteiger partial charge is 0.379 e. The predicted molar refractivity (Wildman–Crippen MR) is 49.4 cm³/mol. The highest BCUT2D eigenvalue weighted by Crippen LogP contribution is 2.30. The Morgan fingerprint density at radius 3 is 3.07 bits per heavy atom. The molecule has 2 N–H and O–H groups in total. The van der Waals surface area contributed by atoms with Crippen LogP contribution in [0.2, 0.25) is 0 Å². The maximum atomic E-state index is 5.57. The van der Waals surface area contributed by atoms with E-state index < -0.39 is 0 Å². The molecule has 1 aliphatic rings. The van der Waals surface area contributed by atoms with Crippen LogP contribution in [0, 0.1) is 0 Å². The van der Waals surface area contributed by atoms with Crippen LogP contribution in [0.4, 0.5) is 0 Å². The quantitative estimate of drug-likeness (QED) is 0.717. The molecule has 0 spiro atoms. The van der Waals surface area contributed by atoms with Crippen LogP contribution in [0.15, 0.2) is 0 Å². The third-order valence-corrected chi connectivity index (χ3v) is 2.91. The first-order valence-corrected chi connectivity index (χ1v) is 4.88. The first kappa shape index (κ1) is 9.54. The van der Waals surface area contributed by atoms with E-state index in [-0.39, 0.29) is 5.54 Å². The van der Waals surface area contributed by atoms with Crippen molar-refractivity contribution in [3.63, 3.8) is 0 Å². The molecule has 0 amide bonds. The Morgan fingerprint density at radius 1 is 1.64 bits per heavy atom. The van der Waals surface area contributed by atoms with E-state index in [1.165, 1.54) is 0 Å². The molecule has 0 radical (unpaired) electrons. The maximum absolute atomic E-state index is 5.57. The van der Waals surface area contributed by atoms with Gasteiger partial charge in [0.25, 0.3) is 0 Å². The fourth-order valence-electron chi connectivity index (χ4n) is 1.89. The molecule has 6 heteroatoms. The van der Waals surface area contributed by atoms with E-state index in [4.69, 9.17) is 10.5 Å². The Bertz CT molecular complexity index is 304. The Hall–Kier alpha value is -1.01. The summed E-state index contributed by atoms with van der Waals surface area (Å²) in [5, 5.41) is 11.6. The lowest BCUT2D eigenvalue weighted by molar-refractivity contribution is 0.140. The van der Waals surface area contributed by atoms with Crippen LogP contribution in [0.5, 0.6) is 0 Å². The molecule has 1 fully saturated rings. The average molecular weight is 197 g/mol. The number of tetrazole rings is 1. The second kappa shape index (κ2) is 3.62. The SMILES string of the molecule is CCC1(n2nnnc2CN)CCOC1. The highest BCUT2D eigenvalue weighted by Gasteiger charge is 2.37. The number of rotatable bonds is 3. The van der Waals surface area contributed by atoms with Gasteiger partial charge in [0, 0.05) is 6.61 Å². The topological polar surface area (TPSA) is 78.9 Å². The number of nitrogens with zero attached hydrogens (tertiary/aromatic N) is 4. The minimum atomic E-state index is -0.0712. The monoisotopic (exact) mass is 197 g/mol. The Kier molecular flexibility index (Phi) is 2.47. The number of nitrogens with two attached hydrogens (primary N) is 1. The highest BCUT2D eigenvalue weighted by molar-refractivity contribution is 4.94. The number of aromatic nitrogens is 4. The first-order chi connectivity index (χ1) is 6.82. The summed E-state index contributed by atoms with van der Waals surface area (Å²) in [5.74, 6) is 0.734. The third kappa shape index (κ3) is 1.31. The van der Waals surface area contributed by atoms with Crippen molar-refractivity contribution >= 4 is 0 Å².